The number of oxazole rings is 1. The second-order valence-electron chi connectivity index (χ2n) is 4.24. The van der Waals surface area contributed by atoms with E-state index >= 15 is 0 Å². The molecule has 0 saturated carbocycles. The molecule has 0 radical (unpaired) electrons. The number of nitrogens with zero attached hydrogens (tertiary/aromatic N) is 1. The number of aromatic nitrogens is 1. The molecule has 3 heteroatoms. The van der Waals surface area contributed by atoms with Crippen LogP contribution in [0.5, 0.6) is 0 Å². The second kappa shape index (κ2) is 3.01. The van der Waals surface area contributed by atoms with Crippen LogP contribution in [0.2, 0.25) is 14.8 Å². The van der Waals surface area contributed by atoms with Gasteiger partial charge >= 0.3 is 81.9 Å². The van der Waals surface area contributed by atoms with Gasteiger partial charge in [0.05, 0.1) is 0 Å². The Hall–Kier alpha value is -0.511. The summed E-state index contributed by atoms with van der Waals surface area (Å²) in [5, 5.41) is 0. The van der Waals surface area contributed by atoms with Crippen LogP contribution in [0.4, 0.5) is 0 Å². The predicted molar refractivity (Wildman–Crippen MR) is 57.0 cm³/mol. The van der Waals surface area contributed by atoms with E-state index in [2.05, 4.69) is 19.8 Å². The van der Waals surface area contributed by atoms with Gasteiger partial charge in [0.15, 0.2) is 0 Å². The van der Waals surface area contributed by atoms with E-state index in [4.69, 9.17) is 4.42 Å². The summed E-state index contributed by atoms with van der Waals surface area (Å²) in [6, 6.07) is 7.95. The molecule has 0 spiro atoms. The zero-order chi connectivity index (χ0) is 9.47. The molecule has 0 N–H and O–H groups in total. The van der Waals surface area contributed by atoms with Crippen molar-refractivity contribution in [2.24, 2.45) is 0 Å². The Morgan fingerprint density at radius 2 is 1.85 bits per heavy atom. The van der Waals surface area contributed by atoms with Crippen LogP contribution in [0.3, 0.4) is 0 Å². The Kier molecular flexibility index (Phi) is 2.10. The summed E-state index contributed by atoms with van der Waals surface area (Å²) in [4.78, 5) is 11.4. The normalized spacial score (nSPS) is 12.2. The van der Waals surface area contributed by atoms with Gasteiger partial charge in [-0.25, -0.2) is 0 Å². The number of benzene rings is 1. The molecule has 0 amide bonds. The van der Waals surface area contributed by atoms with E-state index in [-0.39, 0.29) is 0 Å². The van der Waals surface area contributed by atoms with Crippen LogP contribution in [0.1, 0.15) is 0 Å². The number of hydrogen-bond acceptors (Lipinski definition) is 2. The van der Waals surface area contributed by atoms with Crippen molar-refractivity contribution in [3.63, 3.8) is 0 Å². The summed E-state index contributed by atoms with van der Waals surface area (Å²) in [6.45, 7) is 0. The zero-order valence-electron chi connectivity index (χ0n) is 8.16. The summed E-state index contributed by atoms with van der Waals surface area (Å²) >= 11 is -2.10. The van der Waals surface area contributed by atoms with Gasteiger partial charge in [0.2, 0.25) is 0 Å². The first kappa shape index (κ1) is 9.06. The van der Waals surface area contributed by atoms with Gasteiger partial charge in [-0.05, 0) is 0 Å². The molecule has 0 aliphatic rings. The quantitative estimate of drug-likeness (QED) is 0.750. The van der Waals surface area contributed by atoms with Crippen molar-refractivity contribution in [1.29, 1.82) is 0 Å². The van der Waals surface area contributed by atoms with Gasteiger partial charge in [-0.15, -0.1) is 0 Å². The van der Waals surface area contributed by atoms with E-state index in [1.165, 1.54) is 0 Å². The van der Waals surface area contributed by atoms with Crippen molar-refractivity contribution in [1.82, 2.24) is 4.98 Å². The third-order valence-corrected chi connectivity index (χ3v) is 6.21. The van der Waals surface area contributed by atoms with Crippen LogP contribution in [0.25, 0.3) is 11.1 Å². The Labute approximate surface area is 81.8 Å². The molecule has 0 aliphatic carbocycles. The fourth-order valence-corrected chi connectivity index (χ4v) is 3.68. The number of para-hydroxylation sites is 2. The van der Waals surface area contributed by atoms with Crippen molar-refractivity contribution in [2.75, 3.05) is 0 Å². The van der Waals surface area contributed by atoms with Gasteiger partial charge in [0.25, 0.3) is 0 Å². The summed E-state index contributed by atoms with van der Waals surface area (Å²) in [6.07, 6.45) is 0. The van der Waals surface area contributed by atoms with Crippen molar-refractivity contribution >= 4 is 33.4 Å². The molecular formula is C10H13NOSn. The maximum atomic E-state index is 5.71. The SMILES string of the molecule is [CH3][Sn]([CH3])([CH3])[c]1nc2ccccc2o1. The topological polar surface area (TPSA) is 26.0 Å². The Morgan fingerprint density at radius 3 is 2.46 bits per heavy atom. The van der Waals surface area contributed by atoms with Gasteiger partial charge in [0.1, 0.15) is 0 Å². The molecule has 2 aromatic rings. The molecule has 0 fully saturated rings. The van der Waals surface area contributed by atoms with Gasteiger partial charge < -0.3 is 0 Å². The standard InChI is InChI=1S/C7H4NO.3CH3.Sn/c1-2-4-7-6(3-1)8-5-9-7;;;;/h1-4H;3*1H3;. The first-order valence-corrected chi connectivity index (χ1v) is 14.4. The van der Waals surface area contributed by atoms with E-state index in [0.717, 1.165) is 15.0 Å². The summed E-state index contributed by atoms with van der Waals surface area (Å²) in [5.74, 6) is 0. The van der Waals surface area contributed by atoms with Crippen molar-refractivity contribution in [2.45, 2.75) is 14.8 Å². The molecule has 0 saturated heterocycles. The predicted octanol–water partition coefficient (Wildman–Crippen LogP) is 2.37. The molecular weight excluding hydrogens is 269 g/mol. The van der Waals surface area contributed by atoms with Crippen LogP contribution in [0, 0.1) is 0 Å². The molecule has 0 unspecified atom stereocenters. The summed E-state index contributed by atoms with van der Waals surface area (Å²) in [5.41, 5.74) is 1.91. The number of rotatable bonds is 1. The third kappa shape index (κ3) is 1.72. The molecule has 13 heavy (non-hydrogen) atoms. The molecule has 0 atom stereocenters. The molecule has 0 aliphatic heterocycles. The van der Waals surface area contributed by atoms with Crippen molar-refractivity contribution < 1.29 is 4.42 Å². The molecule has 2 nitrogen and oxygen atoms in total. The molecule has 1 aromatic heterocycles. The molecule has 68 valence electrons. The minimum absolute atomic E-state index is 0.920. The van der Waals surface area contributed by atoms with Crippen LogP contribution in [-0.2, 0) is 0 Å². The van der Waals surface area contributed by atoms with Gasteiger partial charge in [0, 0.05) is 0 Å². The first-order chi connectivity index (χ1) is 6.07. The molecule has 0 bridgehead atoms. The molecule has 1 heterocycles. The number of hydrogen-bond donors (Lipinski definition) is 0. The second-order valence-corrected chi connectivity index (χ2v) is 18.3. The average Bonchev–Trinajstić information content (AvgIpc) is 2.45. The minimum atomic E-state index is -2.10. The van der Waals surface area contributed by atoms with E-state index in [1.807, 2.05) is 24.3 Å². The molecule has 1 aromatic carbocycles. The fraction of sp³-hybridized carbons (Fsp3) is 0.300. The zero-order valence-corrected chi connectivity index (χ0v) is 11.0. The Bertz CT molecular complexity index is 395. The van der Waals surface area contributed by atoms with Crippen LogP contribution in [0.15, 0.2) is 28.7 Å². The summed E-state index contributed by atoms with van der Waals surface area (Å²) in [7, 11) is 0. The van der Waals surface area contributed by atoms with E-state index in [0.29, 0.717) is 0 Å². The molecule has 2 rings (SSSR count). The summed E-state index contributed by atoms with van der Waals surface area (Å²) < 4.78 is 6.72. The van der Waals surface area contributed by atoms with Gasteiger partial charge in [-0.1, -0.05) is 0 Å². The number of fused-ring (bicyclic) bond motifs is 1. The third-order valence-electron chi connectivity index (χ3n) is 1.94. The van der Waals surface area contributed by atoms with Crippen molar-refractivity contribution in [3.05, 3.63) is 24.3 Å². The first-order valence-electron chi connectivity index (χ1n) is 4.43. The maximum absolute atomic E-state index is 5.71. The fourth-order valence-electron chi connectivity index (χ4n) is 1.19. The Morgan fingerprint density at radius 1 is 1.15 bits per heavy atom. The van der Waals surface area contributed by atoms with E-state index in [9.17, 15) is 0 Å². The van der Waals surface area contributed by atoms with Crippen LogP contribution in [-0.4, -0.2) is 23.4 Å². The van der Waals surface area contributed by atoms with Crippen molar-refractivity contribution in [3.8, 4) is 0 Å². The van der Waals surface area contributed by atoms with E-state index < -0.39 is 18.4 Å². The monoisotopic (exact) mass is 283 g/mol. The van der Waals surface area contributed by atoms with Gasteiger partial charge in [-0.3, -0.25) is 0 Å². The van der Waals surface area contributed by atoms with E-state index in [1.54, 1.807) is 0 Å². The Balaban J connectivity index is 2.63. The van der Waals surface area contributed by atoms with Crippen LogP contribution >= 0.6 is 0 Å². The average molecular weight is 282 g/mol. The van der Waals surface area contributed by atoms with Gasteiger partial charge in [-0.2, -0.15) is 0 Å². The van der Waals surface area contributed by atoms with Crippen LogP contribution < -0.4 is 3.91 Å².